The van der Waals surface area contributed by atoms with E-state index >= 15 is 0 Å². The number of hydrogen-bond donors (Lipinski definition) is 0. The number of rotatable bonds is 3. The zero-order valence-electron chi connectivity index (χ0n) is 12.4. The van der Waals surface area contributed by atoms with Crippen molar-refractivity contribution < 1.29 is 4.74 Å². The lowest BCUT2D eigenvalue weighted by Gasteiger charge is -2.35. The topological polar surface area (TPSA) is 12.5 Å². The first-order chi connectivity index (χ1) is 9.26. The van der Waals surface area contributed by atoms with Crippen LogP contribution in [0.15, 0.2) is 18.2 Å². The Morgan fingerprint density at radius 2 is 2.21 bits per heavy atom. The van der Waals surface area contributed by atoms with Crippen LogP contribution in [0.5, 0.6) is 5.75 Å². The first kappa shape index (κ1) is 13.0. The SMILES string of the molecule is CCCN1C(C)CC2c3c(cccc3OC)CCC21. The van der Waals surface area contributed by atoms with Crippen LogP contribution in [0, 0.1) is 0 Å². The third-order valence-electron chi connectivity index (χ3n) is 4.99. The molecule has 1 aliphatic carbocycles. The first-order valence-corrected chi connectivity index (χ1v) is 7.67. The second-order valence-electron chi connectivity index (χ2n) is 6.07. The van der Waals surface area contributed by atoms with Crippen molar-refractivity contribution in [3.8, 4) is 5.75 Å². The van der Waals surface area contributed by atoms with E-state index in [1.807, 2.05) is 0 Å². The number of ether oxygens (including phenoxy) is 1. The van der Waals surface area contributed by atoms with Crippen molar-refractivity contribution in [2.75, 3.05) is 13.7 Å². The summed E-state index contributed by atoms with van der Waals surface area (Å²) in [5.74, 6) is 1.79. The fraction of sp³-hybridized carbons (Fsp3) is 0.647. The average molecular weight is 259 g/mol. The summed E-state index contributed by atoms with van der Waals surface area (Å²) in [6.07, 6.45) is 5.07. The number of likely N-dealkylation sites (tertiary alicyclic amines) is 1. The van der Waals surface area contributed by atoms with Crippen LogP contribution in [-0.4, -0.2) is 30.6 Å². The van der Waals surface area contributed by atoms with Crippen molar-refractivity contribution in [1.82, 2.24) is 4.90 Å². The van der Waals surface area contributed by atoms with Gasteiger partial charge >= 0.3 is 0 Å². The molecule has 0 spiro atoms. The molecular formula is C17H25NO. The van der Waals surface area contributed by atoms with Gasteiger partial charge in [0.25, 0.3) is 0 Å². The third kappa shape index (κ3) is 2.06. The van der Waals surface area contributed by atoms with Crippen LogP contribution in [0.25, 0.3) is 0 Å². The lowest BCUT2D eigenvalue weighted by molar-refractivity contribution is 0.185. The fourth-order valence-corrected chi connectivity index (χ4v) is 4.25. The molecule has 0 aromatic heterocycles. The van der Waals surface area contributed by atoms with Crippen molar-refractivity contribution >= 4 is 0 Å². The van der Waals surface area contributed by atoms with Gasteiger partial charge in [0.2, 0.25) is 0 Å². The molecule has 1 fully saturated rings. The predicted octanol–water partition coefficient (Wildman–Crippen LogP) is 3.60. The summed E-state index contributed by atoms with van der Waals surface area (Å²) in [6, 6.07) is 8.01. The lowest BCUT2D eigenvalue weighted by Crippen LogP contribution is -2.38. The minimum absolute atomic E-state index is 0.682. The van der Waals surface area contributed by atoms with E-state index in [0.717, 1.165) is 11.8 Å². The van der Waals surface area contributed by atoms with E-state index in [0.29, 0.717) is 12.0 Å². The Labute approximate surface area is 116 Å². The largest absolute Gasteiger partial charge is 0.496 e. The summed E-state index contributed by atoms with van der Waals surface area (Å²) in [6.45, 7) is 5.92. The Kier molecular flexibility index (Phi) is 3.53. The number of benzene rings is 1. The molecule has 0 bridgehead atoms. The van der Waals surface area contributed by atoms with Gasteiger partial charge in [-0.1, -0.05) is 19.1 Å². The van der Waals surface area contributed by atoms with Gasteiger partial charge in [0.05, 0.1) is 7.11 Å². The predicted molar refractivity (Wildman–Crippen MR) is 78.9 cm³/mol. The minimum Gasteiger partial charge on any atom is -0.496 e. The second kappa shape index (κ2) is 5.16. The number of methoxy groups -OCH3 is 1. The normalized spacial score (nSPS) is 29.9. The van der Waals surface area contributed by atoms with Gasteiger partial charge in [-0.3, -0.25) is 4.90 Å². The zero-order chi connectivity index (χ0) is 13.4. The summed E-state index contributed by atoms with van der Waals surface area (Å²) in [5, 5.41) is 0. The molecule has 1 aromatic carbocycles. The van der Waals surface area contributed by atoms with Crippen LogP contribution >= 0.6 is 0 Å². The highest BCUT2D eigenvalue weighted by molar-refractivity contribution is 5.46. The smallest absolute Gasteiger partial charge is 0.122 e. The Bertz CT molecular complexity index is 442. The van der Waals surface area contributed by atoms with E-state index in [-0.39, 0.29) is 0 Å². The average Bonchev–Trinajstić information content (AvgIpc) is 2.75. The lowest BCUT2D eigenvalue weighted by atomic mass is 9.78. The van der Waals surface area contributed by atoms with E-state index in [1.54, 1.807) is 7.11 Å². The molecule has 2 heteroatoms. The van der Waals surface area contributed by atoms with Crippen molar-refractivity contribution in [3.63, 3.8) is 0 Å². The maximum atomic E-state index is 5.63. The van der Waals surface area contributed by atoms with Gasteiger partial charge in [-0.05, 0) is 50.8 Å². The fourth-order valence-electron chi connectivity index (χ4n) is 4.25. The molecule has 1 aliphatic heterocycles. The quantitative estimate of drug-likeness (QED) is 0.822. The molecule has 0 N–H and O–H groups in total. The second-order valence-corrected chi connectivity index (χ2v) is 6.07. The molecule has 3 unspecified atom stereocenters. The number of nitrogens with zero attached hydrogens (tertiary/aromatic N) is 1. The monoisotopic (exact) mass is 259 g/mol. The Morgan fingerprint density at radius 3 is 2.95 bits per heavy atom. The maximum absolute atomic E-state index is 5.63. The van der Waals surface area contributed by atoms with Crippen LogP contribution in [-0.2, 0) is 6.42 Å². The highest BCUT2D eigenvalue weighted by atomic mass is 16.5. The Balaban J connectivity index is 1.97. The van der Waals surface area contributed by atoms with Crippen LogP contribution in [0.3, 0.4) is 0 Å². The van der Waals surface area contributed by atoms with E-state index < -0.39 is 0 Å². The Hall–Kier alpha value is -1.02. The van der Waals surface area contributed by atoms with E-state index in [2.05, 4.69) is 36.9 Å². The van der Waals surface area contributed by atoms with Gasteiger partial charge in [-0.15, -0.1) is 0 Å². The molecule has 3 atom stereocenters. The molecule has 1 saturated heterocycles. The highest BCUT2D eigenvalue weighted by Crippen LogP contribution is 2.47. The minimum atomic E-state index is 0.682. The van der Waals surface area contributed by atoms with E-state index in [1.165, 1.54) is 43.4 Å². The molecule has 0 amide bonds. The van der Waals surface area contributed by atoms with Crippen LogP contribution < -0.4 is 4.74 Å². The number of aryl methyl sites for hydroxylation is 1. The zero-order valence-corrected chi connectivity index (χ0v) is 12.4. The van der Waals surface area contributed by atoms with Gasteiger partial charge in [0.15, 0.2) is 0 Å². The molecule has 19 heavy (non-hydrogen) atoms. The van der Waals surface area contributed by atoms with Crippen LogP contribution in [0.4, 0.5) is 0 Å². The molecule has 2 nitrogen and oxygen atoms in total. The van der Waals surface area contributed by atoms with Crippen molar-refractivity contribution in [2.24, 2.45) is 0 Å². The molecule has 0 radical (unpaired) electrons. The highest BCUT2D eigenvalue weighted by Gasteiger charge is 2.43. The molecule has 1 aromatic rings. The van der Waals surface area contributed by atoms with Gasteiger partial charge in [-0.25, -0.2) is 0 Å². The van der Waals surface area contributed by atoms with E-state index in [4.69, 9.17) is 4.74 Å². The van der Waals surface area contributed by atoms with Crippen molar-refractivity contribution in [3.05, 3.63) is 29.3 Å². The number of fused-ring (bicyclic) bond motifs is 3. The summed E-state index contributed by atoms with van der Waals surface area (Å²) in [7, 11) is 1.81. The summed E-state index contributed by atoms with van der Waals surface area (Å²) >= 11 is 0. The standard InChI is InChI=1S/C17H25NO/c1-4-10-18-12(2)11-14-15(18)9-8-13-6-5-7-16(19-3)17(13)14/h5-7,12,14-15H,4,8-11H2,1-3H3. The van der Waals surface area contributed by atoms with Crippen molar-refractivity contribution in [1.29, 1.82) is 0 Å². The van der Waals surface area contributed by atoms with Crippen molar-refractivity contribution in [2.45, 2.75) is 57.5 Å². The van der Waals surface area contributed by atoms with Crippen LogP contribution in [0.1, 0.15) is 50.2 Å². The molecule has 104 valence electrons. The van der Waals surface area contributed by atoms with E-state index in [9.17, 15) is 0 Å². The third-order valence-corrected chi connectivity index (χ3v) is 4.99. The molecule has 3 rings (SSSR count). The van der Waals surface area contributed by atoms with Gasteiger partial charge < -0.3 is 4.74 Å². The molecular weight excluding hydrogens is 234 g/mol. The molecule has 2 aliphatic rings. The summed E-state index contributed by atoms with van der Waals surface area (Å²) < 4.78 is 5.63. The van der Waals surface area contributed by atoms with Gasteiger partial charge in [0, 0.05) is 23.6 Å². The van der Waals surface area contributed by atoms with Crippen LogP contribution in [0.2, 0.25) is 0 Å². The van der Waals surface area contributed by atoms with Gasteiger partial charge in [0.1, 0.15) is 5.75 Å². The Morgan fingerprint density at radius 1 is 1.37 bits per heavy atom. The molecule has 1 heterocycles. The summed E-state index contributed by atoms with van der Waals surface area (Å²) in [4.78, 5) is 2.74. The molecule has 0 saturated carbocycles. The maximum Gasteiger partial charge on any atom is 0.122 e. The first-order valence-electron chi connectivity index (χ1n) is 7.67. The number of hydrogen-bond acceptors (Lipinski definition) is 2. The summed E-state index contributed by atoms with van der Waals surface area (Å²) in [5.41, 5.74) is 3.03. The van der Waals surface area contributed by atoms with Gasteiger partial charge in [-0.2, -0.15) is 0 Å².